The lowest BCUT2D eigenvalue weighted by atomic mass is 10.1. The van der Waals surface area contributed by atoms with E-state index in [0.29, 0.717) is 11.0 Å². The molecule has 2 aromatic rings. The summed E-state index contributed by atoms with van der Waals surface area (Å²) in [4.78, 5) is 10.5. The van der Waals surface area contributed by atoms with Crippen LogP contribution in [0.5, 0.6) is 0 Å². The van der Waals surface area contributed by atoms with Crippen molar-refractivity contribution in [3.05, 3.63) is 68.2 Å². The first-order chi connectivity index (χ1) is 9.60. The second-order valence-corrected chi connectivity index (χ2v) is 5.30. The first kappa shape index (κ1) is 14.5. The normalized spacial score (nSPS) is 10.3. The quantitative estimate of drug-likeness (QED) is 0.645. The Labute approximate surface area is 126 Å². The highest BCUT2D eigenvalue weighted by molar-refractivity contribution is 9.10. The van der Waals surface area contributed by atoms with Crippen molar-refractivity contribution in [3.63, 3.8) is 0 Å². The number of nitrogens with one attached hydrogen (secondary N) is 1. The average Bonchev–Trinajstić information content (AvgIpc) is 2.46. The highest BCUT2D eigenvalue weighted by Gasteiger charge is 2.11. The SMILES string of the molecule is CCc1cccc(NCc2ccc(Br)c([N+](=O)[O-])c2)c1. The maximum absolute atomic E-state index is 10.9. The fourth-order valence-electron chi connectivity index (χ4n) is 1.91. The number of aryl methyl sites for hydroxylation is 1. The zero-order valence-electron chi connectivity index (χ0n) is 11.1. The molecule has 20 heavy (non-hydrogen) atoms. The molecular weight excluding hydrogens is 320 g/mol. The smallest absolute Gasteiger partial charge is 0.283 e. The van der Waals surface area contributed by atoms with Gasteiger partial charge in [0, 0.05) is 18.3 Å². The molecule has 0 atom stereocenters. The van der Waals surface area contributed by atoms with Gasteiger partial charge in [0.2, 0.25) is 0 Å². The molecule has 0 aliphatic carbocycles. The van der Waals surface area contributed by atoms with Gasteiger partial charge in [-0.3, -0.25) is 10.1 Å². The number of hydrogen-bond acceptors (Lipinski definition) is 3. The van der Waals surface area contributed by atoms with Crippen LogP contribution in [-0.4, -0.2) is 4.92 Å². The Morgan fingerprint density at radius 3 is 2.70 bits per heavy atom. The van der Waals surface area contributed by atoms with Crippen LogP contribution in [0.3, 0.4) is 0 Å². The molecule has 0 unspecified atom stereocenters. The first-order valence-corrected chi connectivity index (χ1v) is 7.15. The van der Waals surface area contributed by atoms with E-state index in [2.05, 4.69) is 40.3 Å². The molecule has 104 valence electrons. The van der Waals surface area contributed by atoms with Crippen molar-refractivity contribution in [2.45, 2.75) is 19.9 Å². The van der Waals surface area contributed by atoms with Gasteiger partial charge < -0.3 is 5.32 Å². The Hall–Kier alpha value is -1.88. The summed E-state index contributed by atoms with van der Waals surface area (Å²) < 4.78 is 0.499. The van der Waals surface area contributed by atoms with Crippen molar-refractivity contribution < 1.29 is 4.92 Å². The predicted molar refractivity (Wildman–Crippen MR) is 83.9 cm³/mol. The summed E-state index contributed by atoms with van der Waals surface area (Å²) in [7, 11) is 0. The van der Waals surface area contributed by atoms with Gasteiger partial charge in [-0.2, -0.15) is 0 Å². The Morgan fingerprint density at radius 2 is 2.00 bits per heavy atom. The van der Waals surface area contributed by atoms with Gasteiger partial charge in [0.25, 0.3) is 5.69 Å². The van der Waals surface area contributed by atoms with Crippen molar-refractivity contribution in [1.82, 2.24) is 0 Å². The summed E-state index contributed by atoms with van der Waals surface area (Å²) in [5, 5.41) is 14.2. The molecule has 1 N–H and O–H groups in total. The van der Waals surface area contributed by atoms with Crippen LogP contribution in [0.25, 0.3) is 0 Å². The fourth-order valence-corrected chi connectivity index (χ4v) is 2.30. The number of anilines is 1. The van der Waals surface area contributed by atoms with Crippen LogP contribution in [0, 0.1) is 10.1 Å². The van der Waals surface area contributed by atoms with Crippen LogP contribution in [0.15, 0.2) is 46.9 Å². The summed E-state index contributed by atoms with van der Waals surface area (Å²) in [6.45, 7) is 2.67. The maximum Gasteiger partial charge on any atom is 0.283 e. The van der Waals surface area contributed by atoms with Crippen LogP contribution in [0.4, 0.5) is 11.4 Å². The molecule has 0 aromatic heterocycles. The van der Waals surface area contributed by atoms with E-state index in [1.807, 2.05) is 18.2 Å². The molecule has 0 heterocycles. The lowest BCUT2D eigenvalue weighted by molar-refractivity contribution is -0.385. The molecule has 4 nitrogen and oxygen atoms in total. The lowest BCUT2D eigenvalue weighted by Crippen LogP contribution is -2.01. The summed E-state index contributed by atoms with van der Waals surface area (Å²) in [6.07, 6.45) is 0.985. The molecule has 5 heteroatoms. The van der Waals surface area contributed by atoms with Gasteiger partial charge in [-0.25, -0.2) is 0 Å². The molecule has 0 spiro atoms. The zero-order valence-corrected chi connectivity index (χ0v) is 12.7. The fraction of sp³-hybridized carbons (Fsp3) is 0.200. The van der Waals surface area contributed by atoms with Gasteiger partial charge >= 0.3 is 0 Å². The molecule has 0 saturated heterocycles. The van der Waals surface area contributed by atoms with Gasteiger partial charge in [0.1, 0.15) is 0 Å². The number of nitro benzene ring substituents is 1. The number of benzene rings is 2. The van der Waals surface area contributed by atoms with Crippen molar-refractivity contribution >= 4 is 27.3 Å². The molecule has 0 aliphatic heterocycles. The number of nitrogens with zero attached hydrogens (tertiary/aromatic N) is 1. The van der Waals surface area contributed by atoms with Crippen LogP contribution < -0.4 is 5.32 Å². The van der Waals surface area contributed by atoms with Crippen molar-refractivity contribution in [2.75, 3.05) is 5.32 Å². The van der Waals surface area contributed by atoms with E-state index in [4.69, 9.17) is 0 Å². The van der Waals surface area contributed by atoms with E-state index in [9.17, 15) is 10.1 Å². The summed E-state index contributed by atoms with van der Waals surface area (Å²) in [5.41, 5.74) is 3.25. The second-order valence-electron chi connectivity index (χ2n) is 4.45. The molecular formula is C15H15BrN2O2. The number of rotatable bonds is 5. The molecule has 0 radical (unpaired) electrons. The van der Waals surface area contributed by atoms with Gasteiger partial charge in [-0.05, 0) is 51.7 Å². The highest BCUT2D eigenvalue weighted by Crippen LogP contribution is 2.26. The third-order valence-electron chi connectivity index (χ3n) is 3.04. The Morgan fingerprint density at radius 1 is 1.20 bits per heavy atom. The van der Waals surface area contributed by atoms with Crippen molar-refractivity contribution in [3.8, 4) is 0 Å². The predicted octanol–water partition coefficient (Wildman–Crippen LogP) is 4.53. The molecule has 0 aliphatic rings. The summed E-state index contributed by atoms with van der Waals surface area (Å²) in [6, 6.07) is 13.3. The van der Waals surface area contributed by atoms with Crippen molar-refractivity contribution in [1.29, 1.82) is 0 Å². The van der Waals surface area contributed by atoms with Crippen LogP contribution in [0.1, 0.15) is 18.1 Å². The van der Waals surface area contributed by atoms with Gasteiger partial charge in [0.15, 0.2) is 0 Å². The summed E-state index contributed by atoms with van der Waals surface area (Å²) >= 11 is 3.18. The third-order valence-corrected chi connectivity index (χ3v) is 3.71. The van der Waals surface area contributed by atoms with E-state index in [-0.39, 0.29) is 10.6 Å². The molecule has 2 aromatic carbocycles. The third kappa shape index (κ3) is 3.57. The van der Waals surface area contributed by atoms with E-state index in [1.54, 1.807) is 12.1 Å². The van der Waals surface area contributed by atoms with Crippen LogP contribution in [0.2, 0.25) is 0 Å². The van der Waals surface area contributed by atoms with Gasteiger partial charge in [0.05, 0.1) is 9.40 Å². The summed E-state index contributed by atoms with van der Waals surface area (Å²) in [5.74, 6) is 0. The van der Waals surface area contributed by atoms with E-state index in [0.717, 1.165) is 17.7 Å². The molecule has 0 bridgehead atoms. The monoisotopic (exact) mass is 334 g/mol. The molecule has 0 fully saturated rings. The largest absolute Gasteiger partial charge is 0.381 e. The average molecular weight is 335 g/mol. The lowest BCUT2D eigenvalue weighted by Gasteiger charge is -2.08. The van der Waals surface area contributed by atoms with Gasteiger partial charge in [-0.1, -0.05) is 25.1 Å². The van der Waals surface area contributed by atoms with E-state index < -0.39 is 0 Å². The van der Waals surface area contributed by atoms with Gasteiger partial charge in [-0.15, -0.1) is 0 Å². The Kier molecular flexibility index (Phi) is 4.74. The minimum atomic E-state index is -0.384. The number of halogens is 1. The minimum absolute atomic E-state index is 0.0895. The molecule has 0 amide bonds. The van der Waals surface area contributed by atoms with E-state index in [1.165, 1.54) is 5.56 Å². The van der Waals surface area contributed by atoms with Crippen LogP contribution in [-0.2, 0) is 13.0 Å². The zero-order chi connectivity index (χ0) is 14.5. The molecule has 0 saturated carbocycles. The Balaban J connectivity index is 2.10. The number of nitro groups is 1. The van der Waals surface area contributed by atoms with Crippen molar-refractivity contribution in [2.24, 2.45) is 0 Å². The second kappa shape index (κ2) is 6.52. The number of hydrogen-bond donors (Lipinski definition) is 1. The topological polar surface area (TPSA) is 55.2 Å². The minimum Gasteiger partial charge on any atom is -0.381 e. The maximum atomic E-state index is 10.9. The van der Waals surface area contributed by atoms with Crippen LogP contribution >= 0.6 is 15.9 Å². The highest BCUT2D eigenvalue weighted by atomic mass is 79.9. The van der Waals surface area contributed by atoms with E-state index >= 15 is 0 Å². The standard InChI is InChI=1S/C15H15BrN2O2/c1-2-11-4-3-5-13(8-11)17-10-12-6-7-14(16)15(9-12)18(19)20/h3-9,17H,2,10H2,1H3. The first-order valence-electron chi connectivity index (χ1n) is 6.35. The molecule has 2 rings (SSSR count). The Bertz CT molecular complexity index is 629.